The zero-order valence-electron chi connectivity index (χ0n) is 17.8. The average Bonchev–Trinajstić information content (AvgIpc) is 3.01. The van der Waals surface area contributed by atoms with Crippen molar-refractivity contribution in [1.29, 1.82) is 0 Å². The number of rotatable bonds is 5. The van der Waals surface area contributed by atoms with E-state index in [0.29, 0.717) is 13.0 Å². The molecule has 2 aliphatic rings. The molecule has 0 saturated heterocycles. The number of carbonyl (C=O) groups is 1. The first-order valence-electron chi connectivity index (χ1n) is 10.8. The van der Waals surface area contributed by atoms with Crippen molar-refractivity contribution >= 4 is 23.4 Å². The quantitative estimate of drug-likeness (QED) is 0.508. The average molecular weight is 456 g/mol. The number of carbonyl (C=O) groups excluding carboxylic acids is 1. The summed E-state index contributed by atoms with van der Waals surface area (Å²) < 4.78 is 13.5. The van der Waals surface area contributed by atoms with Crippen LogP contribution in [0.15, 0.2) is 112 Å². The lowest BCUT2D eigenvalue weighted by Gasteiger charge is -2.19. The molecule has 0 aromatic heterocycles. The van der Waals surface area contributed by atoms with E-state index in [4.69, 9.17) is 4.99 Å². The lowest BCUT2D eigenvalue weighted by Crippen LogP contribution is -2.40. The summed E-state index contributed by atoms with van der Waals surface area (Å²) >= 11 is 1.65. The van der Waals surface area contributed by atoms with Gasteiger partial charge in [-0.3, -0.25) is 15.2 Å². The molecular formula is C27H22FN3OS. The monoisotopic (exact) mass is 455 g/mol. The van der Waals surface area contributed by atoms with Gasteiger partial charge in [0.2, 0.25) is 5.91 Å². The first-order valence-corrected chi connectivity index (χ1v) is 11.6. The molecule has 0 fully saturated rings. The standard InChI is InChI=1S/C27H22FN3OS/c28-21-13-10-19(11-14-21)26-22-8-4-5-9-24(22)33-25-15-12-20(16-23(25)30-26)27(32)31-29-17-18-6-2-1-3-7-18/h1-15,20,29H,16-17H2,(H,31,32). The van der Waals surface area contributed by atoms with Crippen molar-refractivity contribution in [3.05, 3.63) is 124 Å². The van der Waals surface area contributed by atoms with Gasteiger partial charge >= 0.3 is 0 Å². The normalized spacial score (nSPS) is 17.0. The zero-order chi connectivity index (χ0) is 22.6. The molecule has 4 nitrogen and oxygen atoms in total. The predicted molar refractivity (Wildman–Crippen MR) is 130 cm³/mol. The number of hydrogen-bond acceptors (Lipinski definition) is 4. The van der Waals surface area contributed by atoms with E-state index in [2.05, 4.69) is 16.9 Å². The van der Waals surface area contributed by atoms with Crippen LogP contribution in [0.3, 0.4) is 0 Å². The Labute approximate surface area is 196 Å². The third kappa shape index (κ3) is 4.82. The van der Waals surface area contributed by atoms with E-state index in [1.54, 1.807) is 23.9 Å². The van der Waals surface area contributed by atoms with E-state index in [-0.39, 0.29) is 17.6 Å². The molecule has 1 unspecified atom stereocenters. The molecule has 1 aliphatic carbocycles. The highest BCUT2D eigenvalue weighted by atomic mass is 32.2. The van der Waals surface area contributed by atoms with Gasteiger partial charge in [0.25, 0.3) is 0 Å². The zero-order valence-corrected chi connectivity index (χ0v) is 18.6. The van der Waals surface area contributed by atoms with Crippen molar-refractivity contribution in [1.82, 2.24) is 10.9 Å². The summed E-state index contributed by atoms with van der Waals surface area (Å²) in [6, 6.07) is 24.4. The number of nitrogens with zero attached hydrogens (tertiary/aromatic N) is 1. The Kier molecular flexibility index (Phi) is 6.19. The van der Waals surface area contributed by atoms with Crippen LogP contribution in [0.1, 0.15) is 23.1 Å². The van der Waals surface area contributed by atoms with Crippen LogP contribution in [0, 0.1) is 11.7 Å². The number of fused-ring (bicyclic) bond motifs is 1. The van der Waals surface area contributed by atoms with Gasteiger partial charge in [0, 0.05) is 33.9 Å². The van der Waals surface area contributed by atoms with Crippen molar-refractivity contribution in [2.75, 3.05) is 0 Å². The molecule has 1 atom stereocenters. The van der Waals surface area contributed by atoms with Crippen LogP contribution >= 0.6 is 11.8 Å². The molecular weight excluding hydrogens is 433 g/mol. The molecule has 5 rings (SSSR count). The number of amides is 1. The van der Waals surface area contributed by atoms with E-state index < -0.39 is 0 Å². The fraction of sp³-hybridized carbons (Fsp3) is 0.111. The van der Waals surface area contributed by atoms with Crippen molar-refractivity contribution in [2.45, 2.75) is 17.9 Å². The lowest BCUT2D eigenvalue weighted by molar-refractivity contribution is -0.124. The third-order valence-corrected chi connectivity index (χ3v) is 6.76. The molecule has 0 radical (unpaired) electrons. The summed E-state index contributed by atoms with van der Waals surface area (Å²) in [5.74, 6) is -0.707. The number of halogens is 1. The Morgan fingerprint density at radius 3 is 2.58 bits per heavy atom. The minimum Gasteiger partial charge on any atom is -0.291 e. The third-order valence-electron chi connectivity index (χ3n) is 5.59. The van der Waals surface area contributed by atoms with Gasteiger partial charge in [-0.15, -0.1) is 0 Å². The highest BCUT2D eigenvalue weighted by molar-refractivity contribution is 8.03. The van der Waals surface area contributed by atoms with E-state index in [1.807, 2.05) is 60.7 Å². The van der Waals surface area contributed by atoms with Gasteiger partial charge in [-0.2, -0.15) is 0 Å². The minimum absolute atomic E-state index is 0.0981. The van der Waals surface area contributed by atoms with Gasteiger partial charge in [-0.25, -0.2) is 9.82 Å². The SMILES string of the molecule is O=C(NNCc1ccccc1)C1C=CC2=C(C1)N=C(c1ccc(F)cc1)c1ccccc1S2. The molecule has 6 heteroatoms. The van der Waals surface area contributed by atoms with Gasteiger partial charge in [-0.1, -0.05) is 66.4 Å². The van der Waals surface area contributed by atoms with Gasteiger partial charge in [0.15, 0.2) is 0 Å². The Morgan fingerprint density at radius 2 is 1.76 bits per heavy atom. The van der Waals surface area contributed by atoms with Gasteiger partial charge in [-0.05, 0) is 42.0 Å². The van der Waals surface area contributed by atoms with Crippen LogP contribution in [0.2, 0.25) is 0 Å². The van der Waals surface area contributed by atoms with Gasteiger partial charge in [0.05, 0.1) is 17.3 Å². The largest absolute Gasteiger partial charge is 0.291 e. The fourth-order valence-electron chi connectivity index (χ4n) is 3.87. The number of thioether (sulfide) groups is 1. The smallest absolute Gasteiger partial charge is 0.241 e. The predicted octanol–water partition coefficient (Wildman–Crippen LogP) is 5.38. The van der Waals surface area contributed by atoms with E-state index in [0.717, 1.165) is 37.9 Å². The summed E-state index contributed by atoms with van der Waals surface area (Å²) in [4.78, 5) is 19.9. The Bertz CT molecular complexity index is 1270. The van der Waals surface area contributed by atoms with E-state index in [9.17, 15) is 9.18 Å². The second kappa shape index (κ2) is 9.57. The maximum absolute atomic E-state index is 13.5. The summed E-state index contributed by atoms with van der Waals surface area (Å²) in [5.41, 5.74) is 10.4. The number of aliphatic imine (C=N–C) groups is 1. The summed E-state index contributed by atoms with van der Waals surface area (Å²) in [6.07, 6.45) is 4.42. The summed E-state index contributed by atoms with van der Waals surface area (Å²) in [6.45, 7) is 0.551. The molecule has 3 aromatic carbocycles. The highest BCUT2D eigenvalue weighted by Gasteiger charge is 2.26. The van der Waals surface area contributed by atoms with Gasteiger partial charge < -0.3 is 0 Å². The molecule has 33 heavy (non-hydrogen) atoms. The molecule has 2 N–H and O–H groups in total. The Morgan fingerprint density at radius 1 is 1.00 bits per heavy atom. The molecule has 164 valence electrons. The van der Waals surface area contributed by atoms with Crippen LogP contribution in [0.4, 0.5) is 4.39 Å². The topological polar surface area (TPSA) is 53.5 Å². The van der Waals surface area contributed by atoms with Gasteiger partial charge in [0.1, 0.15) is 5.82 Å². The maximum Gasteiger partial charge on any atom is 0.241 e. The fourth-order valence-corrected chi connectivity index (χ4v) is 4.92. The van der Waals surface area contributed by atoms with Crippen LogP contribution in [-0.4, -0.2) is 11.6 Å². The van der Waals surface area contributed by atoms with Crippen molar-refractivity contribution in [2.24, 2.45) is 10.9 Å². The molecule has 1 heterocycles. The molecule has 0 saturated carbocycles. The number of allylic oxidation sites excluding steroid dienone is 2. The summed E-state index contributed by atoms with van der Waals surface area (Å²) in [7, 11) is 0. The second-order valence-electron chi connectivity index (χ2n) is 7.87. The Balaban J connectivity index is 1.37. The van der Waals surface area contributed by atoms with E-state index >= 15 is 0 Å². The number of benzene rings is 3. The molecule has 1 aliphatic heterocycles. The molecule has 0 bridgehead atoms. The highest BCUT2D eigenvalue weighted by Crippen LogP contribution is 2.41. The van der Waals surface area contributed by atoms with Crippen LogP contribution in [-0.2, 0) is 11.3 Å². The second-order valence-corrected chi connectivity index (χ2v) is 8.96. The van der Waals surface area contributed by atoms with Crippen LogP contribution in [0.25, 0.3) is 0 Å². The number of hydrogen-bond donors (Lipinski definition) is 2. The van der Waals surface area contributed by atoms with Crippen LogP contribution in [0.5, 0.6) is 0 Å². The Hall–Kier alpha value is -3.48. The molecule has 0 spiro atoms. The molecule has 3 aromatic rings. The lowest BCUT2D eigenvalue weighted by atomic mass is 9.96. The number of hydrazine groups is 1. The van der Waals surface area contributed by atoms with Crippen molar-refractivity contribution < 1.29 is 9.18 Å². The minimum atomic E-state index is -0.327. The maximum atomic E-state index is 13.5. The molecule has 1 amide bonds. The van der Waals surface area contributed by atoms with Crippen molar-refractivity contribution in [3.63, 3.8) is 0 Å². The van der Waals surface area contributed by atoms with E-state index in [1.165, 1.54) is 12.1 Å². The number of nitrogens with one attached hydrogen (secondary N) is 2. The summed E-state index contributed by atoms with van der Waals surface area (Å²) in [5, 5.41) is 0. The first-order chi connectivity index (χ1) is 16.2. The van der Waals surface area contributed by atoms with Crippen molar-refractivity contribution in [3.8, 4) is 0 Å². The van der Waals surface area contributed by atoms with Crippen LogP contribution < -0.4 is 10.9 Å². The first kappa shape index (κ1) is 21.4.